The van der Waals surface area contributed by atoms with Crippen molar-refractivity contribution in [3.05, 3.63) is 44.5 Å². The summed E-state index contributed by atoms with van der Waals surface area (Å²) in [5, 5.41) is 28.7. The fourth-order valence-electron chi connectivity index (χ4n) is 1.48. The Bertz CT molecular complexity index is 607. The minimum absolute atomic E-state index is 0.0445. The van der Waals surface area contributed by atoms with Crippen molar-refractivity contribution >= 4 is 35.0 Å². The molecule has 0 amide bonds. The number of carbonyl (C=O) groups is 2. The summed E-state index contributed by atoms with van der Waals surface area (Å²) in [6.07, 6.45) is 0. The second-order valence-electron chi connectivity index (χ2n) is 3.44. The maximum Gasteiger partial charge on any atom is 0.347 e. The van der Waals surface area contributed by atoms with E-state index in [1.807, 2.05) is 0 Å². The van der Waals surface area contributed by atoms with Gasteiger partial charge in [-0.15, -0.1) is 0 Å². The van der Waals surface area contributed by atoms with Crippen molar-refractivity contribution in [3.8, 4) is 0 Å². The van der Waals surface area contributed by atoms with Gasteiger partial charge in [0.15, 0.2) is 11.3 Å². The zero-order valence-corrected chi connectivity index (χ0v) is 10.7. The van der Waals surface area contributed by atoms with E-state index < -0.39 is 33.9 Å². The molecule has 0 radical (unpaired) electrons. The molecule has 0 atom stereocenters. The first-order valence-corrected chi connectivity index (χ1v) is 5.36. The minimum atomic E-state index is -1.78. The van der Waals surface area contributed by atoms with Crippen molar-refractivity contribution in [2.75, 3.05) is 7.11 Å². The van der Waals surface area contributed by atoms with E-state index in [0.717, 1.165) is 19.2 Å². The number of benzene rings is 1. The normalized spacial score (nSPS) is 9.70. The summed E-state index contributed by atoms with van der Waals surface area (Å²) >= 11 is 5.62. The van der Waals surface area contributed by atoms with Gasteiger partial charge in [0.05, 0.1) is 17.6 Å². The summed E-state index contributed by atoms with van der Waals surface area (Å²) in [5.41, 5.74) is -1.96. The molecule has 0 unspecified atom stereocenters. The van der Waals surface area contributed by atoms with Crippen molar-refractivity contribution in [3.63, 3.8) is 0 Å². The van der Waals surface area contributed by atoms with Crippen LogP contribution in [0.25, 0.3) is 5.76 Å². The Morgan fingerprint density at radius 2 is 1.85 bits per heavy atom. The molecule has 8 nitrogen and oxygen atoms in total. The van der Waals surface area contributed by atoms with Crippen LogP contribution in [0.4, 0.5) is 5.69 Å². The molecule has 0 fully saturated rings. The molecular weight excluding hydrogens is 294 g/mol. The molecule has 0 aromatic heterocycles. The van der Waals surface area contributed by atoms with Gasteiger partial charge in [-0.2, -0.15) is 0 Å². The smallest absolute Gasteiger partial charge is 0.347 e. The van der Waals surface area contributed by atoms with E-state index in [9.17, 15) is 19.7 Å². The van der Waals surface area contributed by atoms with Gasteiger partial charge in [0.25, 0.3) is 5.69 Å². The van der Waals surface area contributed by atoms with Gasteiger partial charge in [0, 0.05) is 11.1 Å². The summed E-state index contributed by atoms with van der Waals surface area (Å²) in [4.78, 5) is 32.0. The second kappa shape index (κ2) is 6.02. The van der Waals surface area contributed by atoms with Gasteiger partial charge in [-0.3, -0.25) is 10.1 Å². The average Bonchev–Trinajstić information content (AvgIpc) is 2.34. The molecule has 20 heavy (non-hydrogen) atoms. The lowest BCUT2D eigenvalue weighted by molar-refractivity contribution is -0.385. The number of rotatable bonds is 5. The van der Waals surface area contributed by atoms with Crippen molar-refractivity contribution < 1.29 is 29.5 Å². The van der Waals surface area contributed by atoms with Crippen molar-refractivity contribution in [1.29, 1.82) is 0 Å². The Kier molecular flexibility index (Phi) is 4.65. The number of nitro benzene ring substituents is 1. The van der Waals surface area contributed by atoms with Crippen LogP contribution in [-0.2, 0) is 14.3 Å². The van der Waals surface area contributed by atoms with Crippen molar-refractivity contribution in [2.24, 2.45) is 0 Å². The summed E-state index contributed by atoms with van der Waals surface area (Å²) in [5.74, 6) is -4.19. The van der Waals surface area contributed by atoms with Crippen LogP contribution in [0, 0.1) is 10.1 Å². The molecule has 0 aliphatic carbocycles. The highest BCUT2D eigenvalue weighted by molar-refractivity contribution is 6.31. The lowest BCUT2D eigenvalue weighted by Crippen LogP contribution is -2.15. The molecule has 106 valence electrons. The van der Waals surface area contributed by atoms with Gasteiger partial charge in [-0.1, -0.05) is 11.6 Å². The van der Waals surface area contributed by atoms with Gasteiger partial charge >= 0.3 is 11.9 Å². The minimum Gasteiger partial charge on any atom is -0.495 e. The quantitative estimate of drug-likeness (QED) is 0.212. The van der Waals surface area contributed by atoms with E-state index in [1.165, 1.54) is 6.07 Å². The maximum absolute atomic E-state index is 10.9. The number of nitro groups is 1. The highest BCUT2D eigenvalue weighted by Gasteiger charge is 2.29. The van der Waals surface area contributed by atoms with Crippen LogP contribution in [0.15, 0.2) is 23.8 Å². The third-order valence-corrected chi connectivity index (χ3v) is 2.50. The molecule has 0 saturated carbocycles. The maximum atomic E-state index is 10.9. The number of halogens is 1. The molecule has 1 aromatic rings. The SMILES string of the molecule is COC(=C(C(=O)O)C(=O)O)c1ccc(Cl)cc1[N+](=O)[O-]. The molecular formula is C11H8ClNO7. The highest BCUT2D eigenvalue weighted by atomic mass is 35.5. The van der Waals surface area contributed by atoms with Gasteiger partial charge in [0.2, 0.25) is 0 Å². The van der Waals surface area contributed by atoms with E-state index in [0.29, 0.717) is 0 Å². The number of hydrogen-bond acceptors (Lipinski definition) is 5. The number of carboxylic acids is 2. The van der Waals surface area contributed by atoms with Gasteiger partial charge < -0.3 is 14.9 Å². The lowest BCUT2D eigenvalue weighted by atomic mass is 10.1. The van der Waals surface area contributed by atoms with Gasteiger partial charge in [-0.05, 0) is 12.1 Å². The standard InChI is InChI=1S/C11H8ClNO7/c1-20-9(8(10(14)15)11(16)17)6-3-2-5(12)4-7(6)13(18)19/h2-4H,1H3,(H,14,15)(H,16,17). The number of nitrogens with zero attached hydrogens (tertiary/aromatic N) is 1. The summed E-state index contributed by atoms with van der Waals surface area (Å²) < 4.78 is 4.72. The fraction of sp³-hybridized carbons (Fsp3) is 0.0909. The molecule has 0 aliphatic heterocycles. The Morgan fingerprint density at radius 1 is 1.30 bits per heavy atom. The van der Waals surface area contributed by atoms with Crippen LogP contribution < -0.4 is 0 Å². The molecule has 1 aromatic carbocycles. The van der Waals surface area contributed by atoms with E-state index in [-0.39, 0.29) is 10.6 Å². The zero-order valence-electron chi connectivity index (χ0n) is 9.99. The lowest BCUT2D eigenvalue weighted by Gasteiger charge is -2.09. The van der Waals surface area contributed by atoms with Gasteiger partial charge in [0.1, 0.15) is 0 Å². The Morgan fingerprint density at radius 3 is 2.25 bits per heavy atom. The van der Waals surface area contributed by atoms with E-state index in [2.05, 4.69) is 0 Å². The van der Waals surface area contributed by atoms with E-state index in [4.69, 9.17) is 26.6 Å². The van der Waals surface area contributed by atoms with Crippen LogP contribution in [0.2, 0.25) is 5.02 Å². The first-order valence-electron chi connectivity index (χ1n) is 4.98. The van der Waals surface area contributed by atoms with Crippen LogP contribution in [0.1, 0.15) is 5.56 Å². The monoisotopic (exact) mass is 301 g/mol. The molecule has 1 rings (SSSR count). The largest absolute Gasteiger partial charge is 0.495 e. The predicted octanol–water partition coefficient (Wildman–Crippen LogP) is 1.77. The van der Waals surface area contributed by atoms with E-state index in [1.54, 1.807) is 0 Å². The van der Waals surface area contributed by atoms with Gasteiger partial charge in [-0.25, -0.2) is 9.59 Å². The molecule has 0 saturated heterocycles. The molecule has 0 spiro atoms. The number of hydrogen-bond donors (Lipinski definition) is 2. The van der Waals surface area contributed by atoms with Crippen molar-refractivity contribution in [1.82, 2.24) is 0 Å². The topological polar surface area (TPSA) is 127 Å². The molecule has 0 aliphatic rings. The molecule has 2 N–H and O–H groups in total. The number of carboxylic acid groups (broad SMARTS) is 2. The number of ether oxygens (including phenoxy) is 1. The first-order chi connectivity index (χ1) is 9.29. The highest BCUT2D eigenvalue weighted by Crippen LogP contribution is 2.31. The zero-order chi connectivity index (χ0) is 15.4. The molecule has 0 heterocycles. The predicted molar refractivity (Wildman–Crippen MR) is 67.3 cm³/mol. The molecule has 0 bridgehead atoms. The van der Waals surface area contributed by atoms with Crippen LogP contribution in [-0.4, -0.2) is 34.2 Å². The van der Waals surface area contributed by atoms with Crippen LogP contribution in [0.5, 0.6) is 0 Å². The Balaban J connectivity index is 3.70. The summed E-state index contributed by atoms with van der Waals surface area (Å²) in [6.45, 7) is 0. The Hall–Kier alpha value is -2.61. The average molecular weight is 302 g/mol. The van der Waals surface area contributed by atoms with Crippen LogP contribution in [0.3, 0.4) is 0 Å². The third kappa shape index (κ3) is 3.04. The van der Waals surface area contributed by atoms with Crippen LogP contribution >= 0.6 is 11.6 Å². The third-order valence-electron chi connectivity index (χ3n) is 2.26. The second-order valence-corrected chi connectivity index (χ2v) is 3.87. The fourth-order valence-corrected chi connectivity index (χ4v) is 1.65. The van der Waals surface area contributed by atoms with Crippen molar-refractivity contribution in [2.45, 2.75) is 0 Å². The molecule has 9 heteroatoms. The summed E-state index contributed by atoms with van der Waals surface area (Å²) in [7, 11) is 1.01. The number of aliphatic carboxylic acids is 2. The number of methoxy groups -OCH3 is 1. The summed E-state index contributed by atoms with van der Waals surface area (Å²) in [6, 6.07) is 3.34. The first kappa shape index (κ1) is 15.4. The van der Waals surface area contributed by atoms with E-state index >= 15 is 0 Å². The Labute approximate surface area is 117 Å².